The van der Waals surface area contributed by atoms with Crippen LogP contribution >= 0.6 is 0 Å². The summed E-state index contributed by atoms with van der Waals surface area (Å²) in [5, 5.41) is 2.65. The molecule has 1 aliphatic heterocycles. The highest BCUT2D eigenvalue weighted by Crippen LogP contribution is 2.13. The van der Waals surface area contributed by atoms with Gasteiger partial charge in [0.1, 0.15) is 5.60 Å². The van der Waals surface area contributed by atoms with E-state index in [0.29, 0.717) is 25.9 Å². The molecule has 2 amide bonds. The number of hydrogen-bond donors (Lipinski definition) is 1. The van der Waals surface area contributed by atoms with Crippen molar-refractivity contribution >= 4 is 12.0 Å². The van der Waals surface area contributed by atoms with E-state index in [1.54, 1.807) is 11.9 Å². The van der Waals surface area contributed by atoms with Crippen LogP contribution in [0.2, 0.25) is 0 Å². The lowest BCUT2D eigenvalue weighted by molar-refractivity contribution is -0.131. The molecule has 6 nitrogen and oxygen atoms in total. The molecule has 1 fully saturated rings. The molecule has 0 spiro atoms. The van der Waals surface area contributed by atoms with E-state index in [-0.39, 0.29) is 12.0 Å². The van der Waals surface area contributed by atoms with E-state index in [1.165, 1.54) is 0 Å². The predicted octanol–water partition coefficient (Wildman–Crippen LogP) is 1.93. The Morgan fingerprint density at radius 2 is 2.10 bits per heavy atom. The van der Waals surface area contributed by atoms with E-state index < -0.39 is 11.7 Å². The molecular formula is C15H28N2O4. The summed E-state index contributed by atoms with van der Waals surface area (Å²) in [4.78, 5) is 25.1. The number of nitrogens with zero attached hydrogens (tertiary/aromatic N) is 1. The van der Waals surface area contributed by atoms with E-state index in [0.717, 1.165) is 19.4 Å². The standard InChI is InChI=1S/C15H28N2O4/c1-15(2,3)21-14(19)16-9-5-8-13(18)17(4)11-12-7-6-10-20-12/h12H,5-11H2,1-4H3,(H,16,19). The minimum atomic E-state index is -0.499. The summed E-state index contributed by atoms with van der Waals surface area (Å²) < 4.78 is 10.6. The van der Waals surface area contributed by atoms with Crippen LogP contribution in [0.3, 0.4) is 0 Å². The molecule has 1 saturated heterocycles. The summed E-state index contributed by atoms with van der Waals surface area (Å²) >= 11 is 0. The van der Waals surface area contributed by atoms with E-state index in [1.807, 2.05) is 20.8 Å². The normalized spacial score (nSPS) is 18.4. The molecular weight excluding hydrogens is 272 g/mol. The molecule has 1 N–H and O–H groups in total. The summed E-state index contributed by atoms with van der Waals surface area (Å²) in [6.45, 7) is 7.34. The zero-order valence-electron chi connectivity index (χ0n) is 13.6. The number of carbonyl (C=O) groups excluding carboxylic acids is 2. The SMILES string of the molecule is CN(CC1CCCO1)C(=O)CCCNC(=O)OC(C)(C)C. The molecule has 1 rings (SSSR count). The van der Waals surface area contributed by atoms with Gasteiger partial charge in [-0.2, -0.15) is 0 Å². The smallest absolute Gasteiger partial charge is 0.407 e. The number of hydrogen-bond acceptors (Lipinski definition) is 4. The Bertz CT molecular complexity index is 346. The minimum Gasteiger partial charge on any atom is -0.444 e. The summed E-state index contributed by atoms with van der Waals surface area (Å²) in [5.74, 6) is 0.0801. The molecule has 122 valence electrons. The topological polar surface area (TPSA) is 67.9 Å². The van der Waals surface area contributed by atoms with Crippen LogP contribution in [0.4, 0.5) is 4.79 Å². The van der Waals surface area contributed by atoms with Crippen LogP contribution in [0, 0.1) is 0 Å². The van der Waals surface area contributed by atoms with Crippen molar-refractivity contribution in [3.8, 4) is 0 Å². The van der Waals surface area contributed by atoms with Gasteiger partial charge in [0.25, 0.3) is 0 Å². The number of alkyl carbamates (subject to hydrolysis) is 1. The zero-order valence-corrected chi connectivity index (χ0v) is 13.6. The lowest BCUT2D eigenvalue weighted by Gasteiger charge is -2.21. The van der Waals surface area contributed by atoms with Gasteiger partial charge in [-0.15, -0.1) is 0 Å². The zero-order chi connectivity index (χ0) is 15.9. The highest BCUT2D eigenvalue weighted by atomic mass is 16.6. The van der Waals surface area contributed by atoms with Crippen LogP contribution < -0.4 is 5.32 Å². The van der Waals surface area contributed by atoms with Gasteiger partial charge in [-0.05, 0) is 40.0 Å². The van der Waals surface area contributed by atoms with Gasteiger partial charge in [0.05, 0.1) is 6.10 Å². The van der Waals surface area contributed by atoms with Crippen molar-refractivity contribution in [2.75, 3.05) is 26.7 Å². The van der Waals surface area contributed by atoms with Gasteiger partial charge in [0, 0.05) is 33.2 Å². The van der Waals surface area contributed by atoms with Crippen LogP contribution in [-0.4, -0.2) is 55.3 Å². The molecule has 1 aliphatic rings. The van der Waals surface area contributed by atoms with Crippen molar-refractivity contribution in [2.45, 2.75) is 58.2 Å². The molecule has 1 heterocycles. The first-order valence-electron chi connectivity index (χ1n) is 7.60. The van der Waals surface area contributed by atoms with Gasteiger partial charge in [-0.3, -0.25) is 4.79 Å². The third-order valence-electron chi connectivity index (χ3n) is 3.16. The summed E-state index contributed by atoms with van der Waals surface area (Å²) in [7, 11) is 1.80. The average Bonchev–Trinajstić information content (AvgIpc) is 2.84. The second kappa shape index (κ2) is 8.22. The minimum absolute atomic E-state index is 0.0801. The van der Waals surface area contributed by atoms with Crippen LogP contribution in [0.5, 0.6) is 0 Å². The van der Waals surface area contributed by atoms with Gasteiger partial charge in [0.2, 0.25) is 5.91 Å². The molecule has 0 bridgehead atoms. The lowest BCUT2D eigenvalue weighted by atomic mass is 10.2. The fourth-order valence-electron chi connectivity index (χ4n) is 2.13. The quantitative estimate of drug-likeness (QED) is 0.761. The Morgan fingerprint density at radius 1 is 1.38 bits per heavy atom. The van der Waals surface area contributed by atoms with Crippen molar-refractivity contribution in [3.05, 3.63) is 0 Å². The van der Waals surface area contributed by atoms with Gasteiger partial charge in [0.15, 0.2) is 0 Å². The maximum atomic E-state index is 11.9. The lowest BCUT2D eigenvalue weighted by Crippen LogP contribution is -2.35. The Balaban J connectivity index is 2.11. The molecule has 1 unspecified atom stereocenters. The van der Waals surface area contributed by atoms with Gasteiger partial charge >= 0.3 is 6.09 Å². The number of likely N-dealkylation sites (N-methyl/N-ethyl adjacent to an activating group) is 1. The second-order valence-electron chi connectivity index (χ2n) is 6.44. The van der Waals surface area contributed by atoms with Crippen LogP contribution in [0.15, 0.2) is 0 Å². The Labute approximate surface area is 127 Å². The molecule has 0 saturated carbocycles. The molecule has 0 radical (unpaired) electrons. The van der Waals surface area contributed by atoms with Crippen molar-refractivity contribution in [2.24, 2.45) is 0 Å². The first-order valence-corrected chi connectivity index (χ1v) is 7.60. The Hall–Kier alpha value is -1.30. The number of nitrogens with one attached hydrogen (secondary N) is 1. The van der Waals surface area contributed by atoms with E-state index >= 15 is 0 Å². The summed E-state index contributed by atoms with van der Waals surface area (Å²) in [6.07, 6.45) is 2.86. The third kappa shape index (κ3) is 7.90. The van der Waals surface area contributed by atoms with Crippen LogP contribution in [0.1, 0.15) is 46.5 Å². The first kappa shape index (κ1) is 17.8. The summed E-state index contributed by atoms with van der Waals surface area (Å²) in [5.41, 5.74) is -0.499. The highest BCUT2D eigenvalue weighted by molar-refractivity contribution is 5.76. The van der Waals surface area contributed by atoms with E-state index in [9.17, 15) is 9.59 Å². The second-order valence-corrected chi connectivity index (χ2v) is 6.44. The molecule has 1 atom stereocenters. The monoisotopic (exact) mass is 300 g/mol. The van der Waals surface area contributed by atoms with Gasteiger partial charge < -0.3 is 19.7 Å². The number of ether oxygens (including phenoxy) is 2. The molecule has 0 aromatic carbocycles. The highest BCUT2D eigenvalue weighted by Gasteiger charge is 2.20. The average molecular weight is 300 g/mol. The molecule has 0 aromatic heterocycles. The van der Waals surface area contributed by atoms with Gasteiger partial charge in [-0.25, -0.2) is 4.79 Å². The first-order chi connectivity index (χ1) is 9.78. The van der Waals surface area contributed by atoms with E-state index in [4.69, 9.17) is 9.47 Å². The largest absolute Gasteiger partial charge is 0.444 e. The predicted molar refractivity (Wildman–Crippen MR) is 80.1 cm³/mol. The maximum Gasteiger partial charge on any atom is 0.407 e. The molecule has 0 aliphatic carbocycles. The van der Waals surface area contributed by atoms with Crippen molar-refractivity contribution in [1.29, 1.82) is 0 Å². The third-order valence-corrected chi connectivity index (χ3v) is 3.16. The van der Waals surface area contributed by atoms with Gasteiger partial charge in [-0.1, -0.05) is 0 Å². The molecule has 21 heavy (non-hydrogen) atoms. The van der Waals surface area contributed by atoms with E-state index in [2.05, 4.69) is 5.32 Å². The Morgan fingerprint density at radius 3 is 2.67 bits per heavy atom. The van der Waals surface area contributed by atoms with Crippen LogP contribution in [-0.2, 0) is 14.3 Å². The number of amides is 2. The number of rotatable bonds is 6. The maximum absolute atomic E-state index is 11.9. The summed E-state index contributed by atoms with van der Waals surface area (Å²) in [6, 6.07) is 0. The van der Waals surface area contributed by atoms with Crippen molar-refractivity contribution in [1.82, 2.24) is 10.2 Å². The fraction of sp³-hybridized carbons (Fsp3) is 0.867. The molecule has 0 aromatic rings. The van der Waals surface area contributed by atoms with Crippen molar-refractivity contribution < 1.29 is 19.1 Å². The fourth-order valence-corrected chi connectivity index (χ4v) is 2.13. The molecule has 6 heteroatoms. The van der Waals surface area contributed by atoms with Crippen LogP contribution in [0.25, 0.3) is 0 Å². The van der Waals surface area contributed by atoms with Crippen molar-refractivity contribution in [3.63, 3.8) is 0 Å². The number of carbonyl (C=O) groups is 2. The Kier molecular flexibility index (Phi) is 6.95.